The largest absolute Gasteiger partial charge is 0.395 e. The maximum absolute atomic E-state index is 8.59. The quantitative estimate of drug-likeness (QED) is 0.603. The molecule has 3 heteroatoms. The minimum Gasteiger partial charge on any atom is -0.395 e. The van der Waals surface area contributed by atoms with Gasteiger partial charge in [0.15, 0.2) is 0 Å². The molecule has 0 bridgehead atoms. The van der Waals surface area contributed by atoms with Crippen molar-refractivity contribution in [2.75, 3.05) is 6.61 Å². The van der Waals surface area contributed by atoms with Gasteiger partial charge in [0.05, 0.1) is 6.61 Å². The highest BCUT2D eigenvalue weighted by Crippen LogP contribution is 2.07. The Hall–Kier alpha value is 0.140. The molecule has 0 unspecified atom stereocenters. The molecule has 0 fully saturated rings. The van der Waals surface area contributed by atoms with Gasteiger partial charge in [-0.2, -0.15) is 0 Å². The molecule has 0 aromatic heterocycles. The normalized spacial score (nSPS) is 10.8. The Balaban J connectivity index is 3.96. The minimum absolute atomic E-state index is 0. The molecule has 0 amide bonds. The molecule has 0 radical (unpaired) electrons. The Morgan fingerprint density at radius 2 is 1.88 bits per heavy atom. The first-order valence-electron chi connectivity index (χ1n) is 2.22. The number of rotatable bonds is 3. The van der Waals surface area contributed by atoms with Gasteiger partial charge in [-0.1, -0.05) is 24.4 Å². The molecule has 0 saturated carbocycles. The minimum atomic E-state index is -0.440. The van der Waals surface area contributed by atoms with Crippen LogP contribution < -0.4 is 0 Å². The summed E-state index contributed by atoms with van der Waals surface area (Å²) in [4.78, 5) is 0. The monoisotopic (exact) mass is 148 g/mol. The molecule has 0 spiro atoms. The molecule has 0 aromatic carbocycles. The lowest BCUT2D eigenvalue weighted by Gasteiger charge is -2.12. The molecule has 0 atom stereocenters. The highest BCUT2D eigenvalue weighted by molar-refractivity contribution is 7.80. The topological polar surface area (TPSA) is 20.2 Å². The van der Waals surface area contributed by atoms with Crippen molar-refractivity contribution in [3.8, 4) is 0 Å². The fraction of sp³-hybridized carbons (Fsp3) is 0.600. The van der Waals surface area contributed by atoms with E-state index in [2.05, 4.69) is 24.4 Å². The van der Waals surface area contributed by atoms with Crippen molar-refractivity contribution < 1.29 is 5.11 Å². The van der Waals surface area contributed by atoms with Crippen LogP contribution in [0, 0.1) is 5.41 Å². The second-order valence-electron chi connectivity index (χ2n) is 1.90. The predicted molar refractivity (Wildman–Crippen MR) is 42.5 cm³/mol. The van der Waals surface area contributed by atoms with Crippen LogP contribution in [0.5, 0.6) is 0 Å². The second-order valence-corrected chi connectivity index (χ2v) is 2.37. The standard InChI is InChI=1S/C5H8OS2/c1-5(2-6,3-7)4-8/h3-4,6H,2H2,1H3. The van der Waals surface area contributed by atoms with Crippen molar-refractivity contribution in [1.29, 1.82) is 0 Å². The molecule has 1 nitrogen and oxygen atoms in total. The van der Waals surface area contributed by atoms with E-state index in [0.717, 1.165) is 0 Å². The number of aliphatic hydroxyl groups is 1. The average Bonchev–Trinajstić information content (AvgIpc) is 1.87. The van der Waals surface area contributed by atoms with E-state index in [1.165, 1.54) is 10.7 Å². The third-order valence-corrected chi connectivity index (χ3v) is 1.96. The van der Waals surface area contributed by atoms with Crippen molar-refractivity contribution in [3.05, 3.63) is 0 Å². The van der Waals surface area contributed by atoms with Gasteiger partial charge in [0.1, 0.15) is 0 Å². The van der Waals surface area contributed by atoms with Gasteiger partial charge < -0.3 is 5.11 Å². The van der Waals surface area contributed by atoms with Gasteiger partial charge in [-0.3, -0.25) is 0 Å². The van der Waals surface area contributed by atoms with Crippen molar-refractivity contribution in [1.82, 2.24) is 0 Å². The summed E-state index contributed by atoms with van der Waals surface area (Å²) < 4.78 is 0. The molecule has 0 aliphatic carbocycles. The zero-order chi connectivity index (χ0) is 6.62. The first-order valence-corrected chi connectivity index (χ1v) is 3.16. The van der Waals surface area contributed by atoms with Crippen LogP contribution in [0.25, 0.3) is 0 Å². The Morgan fingerprint density at radius 1 is 1.50 bits per heavy atom. The summed E-state index contributed by atoms with van der Waals surface area (Å²) in [6, 6.07) is 0. The van der Waals surface area contributed by atoms with E-state index in [0.29, 0.717) is 0 Å². The van der Waals surface area contributed by atoms with Crippen LogP contribution in [-0.2, 0) is 0 Å². The van der Waals surface area contributed by atoms with Crippen LogP contribution in [-0.4, -0.2) is 22.4 Å². The zero-order valence-corrected chi connectivity index (χ0v) is 6.26. The molecular formula is C5H8OS2. The van der Waals surface area contributed by atoms with Gasteiger partial charge >= 0.3 is 0 Å². The van der Waals surface area contributed by atoms with Gasteiger partial charge in [-0.25, -0.2) is 0 Å². The molecule has 0 rings (SSSR count). The zero-order valence-electron chi connectivity index (χ0n) is 4.63. The summed E-state index contributed by atoms with van der Waals surface area (Å²) >= 11 is 9.20. The highest BCUT2D eigenvalue weighted by atomic mass is 32.1. The maximum Gasteiger partial charge on any atom is 0.0570 e. The van der Waals surface area contributed by atoms with Crippen LogP contribution in [0.3, 0.4) is 0 Å². The Morgan fingerprint density at radius 3 is 1.88 bits per heavy atom. The molecule has 0 saturated heterocycles. The van der Waals surface area contributed by atoms with E-state index in [-0.39, 0.29) is 6.61 Å². The lowest BCUT2D eigenvalue weighted by Crippen LogP contribution is -2.22. The molecule has 8 heavy (non-hydrogen) atoms. The van der Waals surface area contributed by atoms with E-state index in [4.69, 9.17) is 5.11 Å². The van der Waals surface area contributed by atoms with Crippen LogP contribution >= 0.6 is 24.4 Å². The maximum atomic E-state index is 8.59. The van der Waals surface area contributed by atoms with Gasteiger partial charge in [0.25, 0.3) is 0 Å². The third-order valence-electron chi connectivity index (χ3n) is 0.879. The van der Waals surface area contributed by atoms with Crippen LogP contribution in [0.2, 0.25) is 0 Å². The van der Waals surface area contributed by atoms with Gasteiger partial charge in [0, 0.05) is 5.41 Å². The smallest absolute Gasteiger partial charge is 0.0570 e. The van der Waals surface area contributed by atoms with E-state index >= 15 is 0 Å². The van der Waals surface area contributed by atoms with Crippen LogP contribution in [0.1, 0.15) is 6.92 Å². The fourth-order valence-corrected chi connectivity index (χ4v) is 0.474. The SMILES string of the molecule is CC(C=S)(C=S)CO. The first-order chi connectivity index (χ1) is 3.68. The molecule has 0 aliphatic heterocycles. The molecule has 1 N–H and O–H groups in total. The molecule has 0 aliphatic rings. The number of thiocarbonyl (C=S) groups is 2. The Bertz CT molecular complexity index is 92.6. The molecule has 0 aromatic rings. The molecular weight excluding hydrogens is 140 g/mol. The summed E-state index contributed by atoms with van der Waals surface area (Å²) in [7, 11) is 0. The first kappa shape index (κ1) is 8.14. The lowest BCUT2D eigenvalue weighted by atomic mass is 9.98. The summed E-state index contributed by atoms with van der Waals surface area (Å²) in [5, 5.41) is 11.5. The number of aliphatic hydroxyl groups excluding tert-OH is 1. The van der Waals surface area contributed by atoms with Crippen LogP contribution in [0.15, 0.2) is 0 Å². The van der Waals surface area contributed by atoms with Crippen molar-refractivity contribution in [2.45, 2.75) is 6.92 Å². The summed E-state index contributed by atoms with van der Waals surface area (Å²) in [5.74, 6) is 0. The summed E-state index contributed by atoms with van der Waals surface area (Å²) in [6.45, 7) is 1.78. The van der Waals surface area contributed by atoms with Gasteiger partial charge in [0.2, 0.25) is 0 Å². The molecule has 46 valence electrons. The van der Waals surface area contributed by atoms with E-state index < -0.39 is 5.41 Å². The Labute approximate surface area is 59.7 Å². The molecule has 0 heterocycles. The van der Waals surface area contributed by atoms with Crippen molar-refractivity contribution in [3.63, 3.8) is 0 Å². The van der Waals surface area contributed by atoms with E-state index in [1.807, 2.05) is 0 Å². The highest BCUT2D eigenvalue weighted by Gasteiger charge is 2.14. The predicted octanol–water partition coefficient (Wildman–Crippen LogP) is 0.984. The fourth-order valence-electron chi connectivity index (χ4n) is 0.102. The lowest BCUT2D eigenvalue weighted by molar-refractivity contribution is 0.250. The van der Waals surface area contributed by atoms with E-state index in [9.17, 15) is 0 Å². The number of hydrogen-bond acceptors (Lipinski definition) is 3. The Kier molecular flexibility index (Phi) is 3.28. The third kappa shape index (κ3) is 1.94. The van der Waals surface area contributed by atoms with Gasteiger partial charge in [-0.15, -0.1) is 0 Å². The summed E-state index contributed by atoms with van der Waals surface area (Å²) in [6.07, 6.45) is 0. The van der Waals surface area contributed by atoms with Crippen molar-refractivity contribution >= 4 is 35.2 Å². The second kappa shape index (κ2) is 3.22. The van der Waals surface area contributed by atoms with E-state index in [1.54, 1.807) is 6.92 Å². The average molecular weight is 148 g/mol. The van der Waals surface area contributed by atoms with Gasteiger partial charge in [-0.05, 0) is 17.7 Å². The summed E-state index contributed by atoms with van der Waals surface area (Å²) in [5.41, 5.74) is -0.440. The van der Waals surface area contributed by atoms with Crippen LogP contribution in [0.4, 0.5) is 0 Å². The van der Waals surface area contributed by atoms with Crippen molar-refractivity contribution in [2.24, 2.45) is 5.41 Å². The number of hydrogen-bond donors (Lipinski definition) is 1.